The zero-order valence-electron chi connectivity index (χ0n) is 9.65. The number of nitrogens with two attached hydrogens (primary N) is 1. The number of carboxylic acids is 1. The zero-order valence-corrected chi connectivity index (χ0v) is 10.4. The van der Waals surface area contributed by atoms with Crippen molar-refractivity contribution in [3.05, 3.63) is 28.8 Å². The van der Waals surface area contributed by atoms with Crippen LogP contribution >= 0.6 is 11.6 Å². The second-order valence-electron chi connectivity index (χ2n) is 3.76. The molecule has 0 aliphatic heterocycles. The van der Waals surface area contributed by atoms with Gasteiger partial charge < -0.3 is 15.6 Å². The van der Waals surface area contributed by atoms with Gasteiger partial charge in [0.2, 0.25) is 0 Å². The number of ether oxygens (including phenoxy) is 1. The third kappa shape index (κ3) is 4.63. The first-order valence-corrected chi connectivity index (χ1v) is 5.79. The molecule has 1 unspecified atom stereocenters. The molecule has 1 rings (SSSR count). The quantitative estimate of drug-likeness (QED) is 0.818. The minimum Gasteiger partial charge on any atom is -0.492 e. The summed E-state index contributed by atoms with van der Waals surface area (Å²) in [5.41, 5.74) is 6.61. The molecule has 17 heavy (non-hydrogen) atoms. The van der Waals surface area contributed by atoms with Crippen LogP contribution < -0.4 is 10.5 Å². The molecule has 0 aromatic heterocycles. The molecular weight excluding hydrogens is 242 g/mol. The number of rotatable bonds is 6. The Morgan fingerprint density at radius 2 is 2.29 bits per heavy atom. The van der Waals surface area contributed by atoms with Crippen molar-refractivity contribution < 1.29 is 14.6 Å². The molecule has 94 valence electrons. The van der Waals surface area contributed by atoms with Gasteiger partial charge >= 0.3 is 5.97 Å². The maximum Gasteiger partial charge on any atom is 0.304 e. The van der Waals surface area contributed by atoms with Crippen molar-refractivity contribution in [2.45, 2.75) is 25.8 Å². The zero-order chi connectivity index (χ0) is 12.8. The minimum absolute atomic E-state index is 0.0508. The lowest BCUT2D eigenvalue weighted by Crippen LogP contribution is -2.26. The normalized spacial score (nSPS) is 12.2. The summed E-state index contributed by atoms with van der Waals surface area (Å²) in [6, 6.07) is 4.98. The Kier molecular flexibility index (Phi) is 5.25. The third-order valence-electron chi connectivity index (χ3n) is 2.23. The molecule has 0 bridgehead atoms. The van der Waals surface area contributed by atoms with Crippen LogP contribution in [0.25, 0.3) is 0 Å². The molecule has 0 aliphatic carbocycles. The van der Waals surface area contributed by atoms with Gasteiger partial charge in [-0.2, -0.15) is 0 Å². The highest BCUT2D eigenvalue weighted by atomic mass is 35.5. The van der Waals surface area contributed by atoms with Gasteiger partial charge in [-0.3, -0.25) is 4.79 Å². The Morgan fingerprint density at radius 3 is 2.82 bits per heavy atom. The lowest BCUT2D eigenvalue weighted by Gasteiger charge is -2.11. The van der Waals surface area contributed by atoms with Crippen molar-refractivity contribution in [1.29, 1.82) is 0 Å². The molecular formula is C12H16ClNO3. The average molecular weight is 258 g/mol. The minimum atomic E-state index is -0.894. The van der Waals surface area contributed by atoms with Gasteiger partial charge in [-0.1, -0.05) is 17.7 Å². The van der Waals surface area contributed by atoms with Crippen molar-refractivity contribution in [3.63, 3.8) is 0 Å². The standard InChI is InChI=1S/C12H16ClNO3/c1-2-17-11-4-3-8(6-10(11)13)5-9(14)7-12(15)16/h3-4,6,9H,2,5,7,14H2,1H3,(H,15,16). The molecule has 1 aromatic rings. The first kappa shape index (κ1) is 13.8. The van der Waals surface area contributed by atoms with Crippen molar-refractivity contribution >= 4 is 17.6 Å². The second-order valence-corrected chi connectivity index (χ2v) is 4.17. The Morgan fingerprint density at radius 1 is 1.59 bits per heavy atom. The first-order chi connectivity index (χ1) is 8.02. The highest BCUT2D eigenvalue weighted by molar-refractivity contribution is 6.32. The summed E-state index contributed by atoms with van der Waals surface area (Å²) in [6.07, 6.45) is 0.434. The predicted octanol–water partition coefficient (Wildman–Crippen LogP) is 2.08. The number of halogens is 1. The van der Waals surface area contributed by atoms with Crippen LogP contribution in [-0.2, 0) is 11.2 Å². The van der Waals surface area contributed by atoms with E-state index in [-0.39, 0.29) is 6.42 Å². The Labute approximate surface area is 105 Å². The Bertz CT molecular complexity index is 395. The van der Waals surface area contributed by atoms with Gasteiger partial charge in [0.05, 0.1) is 18.1 Å². The van der Waals surface area contributed by atoms with Gasteiger partial charge in [0.1, 0.15) is 5.75 Å². The number of carbonyl (C=O) groups is 1. The predicted molar refractivity (Wildman–Crippen MR) is 66.6 cm³/mol. The summed E-state index contributed by atoms with van der Waals surface area (Å²) >= 11 is 6.02. The number of carboxylic acid groups (broad SMARTS) is 1. The van der Waals surface area contributed by atoms with E-state index in [2.05, 4.69) is 0 Å². The smallest absolute Gasteiger partial charge is 0.304 e. The molecule has 5 heteroatoms. The average Bonchev–Trinajstić information content (AvgIpc) is 2.21. The molecule has 0 heterocycles. The molecule has 0 aliphatic rings. The van der Waals surface area contributed by atoms with Crippen LogP contribution in [0.5, 0.6) is 5.75 Å². The van der Waals surface area contributed by atoms with Gasteiger partial charge in [-0.05, 0) is 31.0 Å². The molecule has 0 radical (unpaired) electrons. The largest absolute Gasteiger partial charge is 0.492 e. The van der Waals surface area contributed by atoms with Crippen LogP contribution in [0.3, 0.4) is 0 Å². The van der Waals surface area contributed by atoms with Gasteiger partial charge in [0.25, 0.3) is 0 Å². The van der Waals surface area contributed by atoms with Gasteiger partial charge in [0, 0.05) is 6.04 Å². The molecule has 0 saturated carbocycles. The summed E-state index contributed by atoms with van der Waals surface area (Å²) in [7, 11) is 0. The van der Waals surface area contributed by atoms with Crippen LogP contribution in [0.2, 0.25) is 5.02 Å². The van der Waals surface area contributed by atoms with E-state index in [1.54, 1.807) is 12.1 Å². The highest BCUT2D eigenvalue weighted by Crippen LogP contribution is 2.25. The molecule has 0 amide bonds. The van der Waals surface area contributed by atoms with E-state index in [1.807, 2.05) is 13.0 Å². The van der Waals surface area contributed by atoms with Crippen LogP contribution in [0.15, 0.2) is 18.2 Å². The van der Waals surface area contributed by atoms with Crippen LogP contribution in [0, 0.1) is 0 Å². The molecule has 0 saturated heterocycles. The highest BCUT2D eigenvalue weighted by Gasteiger charge is 2.10. The molecule has 3 N–H and O–H groups in total. The van der Waals surface area contributed by atoms with E-state index in [0.717, 1.165) is 5.56 Å². The maximum absolute atomic E-state index is 10.5. The van der Waals surface area contributed by atoms with Crippen molar-refractivity contribution in [1.82, 2.24) is 0 Å². The van der Waals surface area contributed by atoms with Crippen molar-refractivity contribution in [3.8, 4) is 5.75 Å². The number of hydrogen-bond acceptors (Lipinski definition) is 3. The van der Waals surface area contributed by atoms with Gasteiger partial charge in [-0.15, -0.1) is 0 Å². The summed E-state index contributed by atoms with van der Waals surface area (Å²) in [4.78, 5) is 10.5. The van der Waals surface area contributed by atoms with Crippen LogP contribution in [0.1, 0.15) is 18.9 Å². The monoisotopic (exact) mass is 257 g/mol. The molecule has 1 atom stereocenters. The van der Waals surface area contributed by atoms with E-state index >= 15 is 0 Å². The maximum atomic E-state index is 10.5. The lowest BCUT2D eigenvalue weighted by molar-refractivity contribution is -0.137. The van der Waals surface area contributed by atoms with Crippen molar-refractivity contribution in [2.24, 2.45) is 5.73 Å². The molecule has 0 fully saturated rings. The first-order valence-electron chi connectivity index (χ1n) is 5.41. The van der Waals surface area contributed by atoms with Crippen LogP contribution in [-0.4, -0.2) is 23.7 Å². The summed E-state index contributed by atoms with van der Waals surface area (Å²) < 4.78 is 5.30. The summed E-state index contributed by atoms with van der Waals surface area (Å²) in [6.45, 7) is 2.44. The topological polar surface area (TPSA) is 72.5 Å². The number of benzene rings is 1. The third-order valence-corrected chi connectivity index (χ3v) is 2.53. The Hall–Kier alpha value is -1.26. The summed E-state index contributed by atoms with van der Waals surface area (Å²) in [5.74, 6) is -0.265. The van der Waals surface area contributed by atoms with E-state index in [9.17, 15) is 4.79 Å². The number of hydrogen-bond donors (Lipinski definition) is 2. The van der Waals surface area contributed by atoms with E-state index < -0.39 is 12.0 Å². The van der Waals surface area contributed by atoms with Gasteiger partial charge in [-0.25, -0.2) is 0 Å². The fraction of sp³-hybridized carbons (Fsp3) is 0.417. The SMILES string of the molecule is CCOc1ccc(CC(N)CC(=O)O)cc1Cl. The van der Waals surface area contributed by atoms with Crippen molar-refractivity contribution in [2.75, 3.05) is 6.61 Å². The second kappa shape index (κ2) is 6.47. The summed E-state index contributed by atoms with van der Waals surface area (Å²) in [5, 5.41) is 9.12. The lowest BCUT2D eigenvalue weighted by atomic mass is 10.0. The molecule has 1 aromatic carbocycles. The molecule has 0 spiro atoms. The van der Waals surface area contributed by atoms with Gasteiger partial charge in [0.15, 0.2) is 0 Å². The van der Waals surface area contributed by atoms with E-state index in [0.29, 0.717) is 23.8 Å². The number of aliphatic carboxylic acids is 1. The Balaban J connectivity index is 2.66. The fourth-order valence-corrected chi connectivity index (χ4v) is 1.80. The van der Waals surface area contributed by atoms with Crippen LogP contribution in [0.4, 0.5) is 0 Å². The fourth-order valence-electron chi connectivity index (χ4n) is 1.54. The van der Waals surface area contributed by atoms with E-state index in [1.165, 1.54) is 0 Å². The molecule has 4 nitrogen and oxygen atoms in total. The van der Waals surface area contributed by atoms with E-state index in [4.69, 9.17) is 27.2 Å².